The lowest BCUT2D eigenvalue weighted by Gasteiger charge is -2.23. The van der Waals surface area contributed by atoms with Crippen LogP contribution in [0.2, 0.25) is 5.02 Å². The molecule has 1 aliphatic heterocycles. The van der Waals surface area contributed by atoms with Gasteiger partial charge in [0.2, 0.25) is 0 Å². The van der Waals surface area contributed by atoms with E-state index in [4.69, 9.17) is 11.6 Å². The Labute approximate surface area is 196 Å². The Morgan fingerprint density at radius 2 is 1.85 bits per heavy atom. The van der Waals surface area contributed by atoms with Gasteiger partial charge in [-0.2, -0.15) is 0 Å². The molecule has 0 spiro atoms. The van der Waals surface area contributed by atoms with Crippen LogP contribution in [0.15, 0.2) is 60.8 Å². The van der Waals surface area contributed by atoms with Crippen LogP contribution in [0.1, 0.15) is 12.0 Å². The SMILES string of the molecule is O=C(Nc1ccc(N2CCCN(Cc3ccccc3Cl)CC2)nc1)Nc1ccc(F)cc1F. The summed E-state index contributed by atoms with van der Waals surface area (Å²) >= 11 is 6.30. The molecule has 0 unspecified atom stereocenters. The van der Waals surface area contributed by atoms with Crippen LogP contribution in [-0.2, 0) is 6.54 Å². The molecule has 3 aromatic rings. The summed E-state index contributed by atoms with van der Waals surface area (Å²) in [5.74, 6) is -0.729. The van der Waals surface area contributed by atoms with E-state index in [1.807, 2.05) is 24.3 Å². The van der Waals surface area contributed by atoms with Gasteiger partial charge < -0.3 is 15.5 Å². The Morgan fingerprint density at radius 3 is 2.61 bits per heavy atom. The van der Waals surface area contributed by atoms with E-state index in [-0.39, 0.29) is 5.69 Å². The minimum Gasteiger partial charge on any atom is -0.355 e. The van der Waals surface area contributed by atoms with Crippen molar-refractivity contribution >= 4 is 34.8 Å². The van der Waals surface area contributed by atoms with Crippen molar-refractivity contribution in [3.63, 3.8) is 0 Å². The van der Waals surface area contributed by atoms with Crippen molar-refractivity contribution in [2.75, 3.05) is 41.7 Å². The standard InChI is InChI=1S/C24H24ClF2N5O/c25-20-5-2-1-4-17(20)16-31-10-3-11-32(13-12-31)23-9-7-19(15-28-23)29-24(33)30-22-8-6-18(26)14-21(22)27/h1-2,4-9,14-15H,3,10-13,16H2,(H2,29,30,33). The maximum Gasteiger partial charge on any atom is 0.323 e. The maximum atomic E-state index is 13.7. The zero-order valence-corrected chi connectivity index (χ0v) is 18.7. The second-order valence-corrected chi connectivity index (χ2v) is 8.22. The molecular formula is C24H24ClF2N5O. The minimum absolute atomic E-state index is 0.107. The van der Waals surface area contributed by atoms with Gasteiger partial charge in [-0.25, -0.2) is 18.6 Å². The Bertz CT molecular complexity index is 1110. The lowest BCUT2D eigenvalue weighted by molar-refractivity contribution is 0.262. The van der Waals surface area contributed by atoms with Gasteiger partial charge in [0.25, 0.3) is 0 Å². The molecule has 9 heteroatoms. The van der Waals surface area contributed by atoms with Crippen molar-refractivity contribution in [2.45, 2.75) is 13.0 Å². The Morgan fingerprint density at radius 1 is 1.00 bits per heavy atom. The van der Waals surface area contributed by atoms with Crippen molar-refractivity contribution in [1.29, 1.82) is 0 Å². The van der Waals surface area contributed by atoms with Gasteiger partial charge in [-0.05, 0) is 42.3 Å². The molecule has 0 bridgehead atoms. The number of halogens is 3. The number of hydrogen-bond donors (Lipinski definition) is 2. The van der Waals surface area contributed by atoms with Crippen LogP contribution in [0, 0.1) is 11.6 Å². The highest BCUT2D eigenvalue weighted by Crippen LogP contribution is 2.21. The van der Waals surface area contributed by atoms with Crippen molar-refractivity contribution < 1.29 is 13.6 Å². The van der Waals surface area contributed by atoms with Crippen LogP contribution in [-0.4, -0.2) is 42.1 Å². The van der Waals surface area contributed by atoms with Crippen LogP contribution < -0.4 is 15.5 Å². The Hall–Kier alpha value is -3.23. The van der Waals surface area contributed by atoms with E-state index < -0.39 is 17.7 Å². The molecule has 2 heterocycles. The molecule has 0 atom stereocenters. The maximum absolute atomic E-state index is 13.7. The highest BCUT2D eigenvalue weighted by atomic mass is 35.5. The van der Waals surface area contributed by atoms with E-state index in [2.05, 4.69) is 31.5 Å². The number of pyridine rings is 1. The number of carbonyl (C=O) groups is 1. The van der Waals surface area contributed by atoms with Gasteiger partial charge >= 0.3 is 6.03 Å². The number of amides is 2. The fourth-order valence-electron chi connectivity index (χ4n) is 3.75. The quantitative estimate of drug-likeness (QED) is 0.525. The molecule has 0 saturated carbocycles. The summed E-state index contributed by atoms with van der Waals surface area (Å²) in [5, 5.41) is 5.74. The Balaban J connectivity index is 1.31. The predicted molar refractivity (Wildman–Crippen MR) is 127 cm³/mol. The molecule has 1 aliphatic rings. The Kier molecular flexibility index (Phi) is 7.36. The van der Waals surface area contributed by atoms with Crippen molar-refractivity contribution in [1.82, 2.24) is 9.88 Å². The topological polar surface area (TPSA) is 60.5 Å². The zero-order valence-electron chi connectivity index (χ0n) is 17.9. The lowest BCUT2D eigenvalue weighted by atomic mass is 10.2. The van der Waals surface area contributed by atoms with Crippen molar-refractivity contribution in [3.8, 4) is 0 Å². The van der Waals surface area contributed by atoms with Gasteiger partial charge in [0.15, 0.2) is 0 Å². The number of carbonyl (C=O) groups excluding carboxylic acids is 1. The van der Waals surface area contributed by atoms with Gasteiger partial charge in [0.05, 0.1) is 17.6 Å². The molecule has 1 saturated heterocycles. The average Bonchev–Trinajstić information content (AvgIpc) is 3.03. The van der Waals surface area contributed by atoms with E-state index in [0.717, 1.165) is 61.6 Å². The smallest absolute Gasteiger partial charge is 0.323 e. The first-order valence-corrected chi connectivity index (χ1v) is 11.1. The first kappa shape index (κ1) is 22.9. The van der Waals surface area contributed by atoms with Gasteiger partial charge in [-0.3, -0.25) is 4.90 Å². The highest BCUT2D eigenvalue weighted by Gasteiger charge is 2.17. The van der Waals surface area contributed by atoms with Crippen molar-refractivity contribution in [3.05, 3.63) is 83.0 Å². The summed E-state index contributed by atoms with van der Waals surface area (Å²) in [4.78, 5) is 21.2. The van der Waals surface area contributed by atoms with Crippen LogP contribution in [0.4, 0.5) is 30.8 Å². The minimum atomic E-state index is -0.844. The van der Waals surface area contributed by atoms with Crippen LogP contribution in [0.25, 0.3) is 0 Å². The zero-order chi connectivity index (χ0) is 23.2. The lowest BCUT2D eigenvalue weighted by Crippen LogP contribution is -2.31. The molecule has 1 fully saturated rings. The largest absolute Gasteiger partial charge is 0.355 e. The molecule has 2 N–H and O–H groups in total. The number of urea groups is 1. The number of rotatable bonds is 5. The number of aromatic nitrogens is 1. The van der Waals surface area contributed by atoms with Gasteiger partial charge in [-0.15, -0.1) is 0 Å². The van der Waals surface area contributed by atoms with Gasteiger partial charge in [0.1, 0.15) is 17.5 Å². The second-order valence-electron chi connectivity index (χ2n) is 7.82. The molecule has 2 amide bonds. The van der Waals surface area contributed by atoms with E-state index in [1.54, 1.807) is 12.3 Å². The van der Waals surface area contributed by atoms with Gasteiger partial charge in [-0.1, -0.05) is 29.8 Å². The second kappa shape index (κ2) is 10.6. The summed E-state index contributed by atoms with van der Waals surface area (Å²) in [6.07, 6.45) is 2.56. The highest BCUT2D eigenvalue weighted by molar-refractivity contribution is 6.31. The normalized spacial score (nSPS) is 14.6. The summed E-state index contributed by atoms with van der Waals surface area (Å²) in [6, 6.07) is 13.8. The van der Waals surface area contributed by atoms with Crippen molar-refractivity contribution in [2.24, 2.45) is 0 Å². The average molecular weight is 472 g/mol. The van der Waals surface area contributed by atoms with E-state index in [1.165, 1.54) is 6.07 Å². The van der Waals surface area contributed by atoms with Crippen LogP contribution in [0.5, 0.6) is 0 Å². The number of benzene rings is 2. The summed E-state index contributed by atoms with van der Waals surface area (Å²) in [5.41, 5.74) is 1.48. The van der Waals surface area contributed by atoms with Crippen LogP contribution in [0.3, 0.4) is 0 Å². The fraction of sp³-hybridized carbons (Fsp3) is 0.250. The third-order valence-corrected chi connectivity index (χ3v) is 5.82. The van der Waals surface area contributed by atoms with E-state index >= 15 is 0 Å². The molecule has 2 aromatic carbocycles. The first-order valence-electron chi connectivity index (χ1n) is 10.7. The third kappa shape index (κ3) is 6.18. The summed E-state index contributed by atoms with van der Waals surface area (Å²) in [6.45, 7) is 4.38. The first-order chi connectivity index (χ1) is 16.0. The number of anilines is 3. The molecule has 172 valence electrons. The van der Waals surface area contributed by atoms with E-state index in [9.17, 15) is 13.6 Å². The number of hydrogen-bond acceptors (Lipinski definition) is 4. The molecule has 1 aromatic heterocycles. The summed E-state index contributed by atoms with van der Waals surface area (Å²) < 4.78 is 26.7. The van der Waals surface area contributed by atoms with E-state index in [0.29, 0.717) is 11.8 Å². The fourth-order valence-corrected chi connectivity index (χ4v) is 3.94. The number of nitrogens with zero attached hydrogens (tertiary/aromatic N) is 3. The molecule has 33 heavy (non-hydrogen) atoms. The molecule has 6 nitrogen and oxygen atoms in total. The monoisotopic (exact) mass is 471 g/mol. The van der Waals surface area contributed by atoms with Gasteiger partial charge in [0, 0.05) is 43.8 Å². The number of nitrogens with one attached hydrogen (secondary N) is 2. The molecule has 0 aliphatic carbocycles. The summed E-state index contributed by atoms with van der Waals surface area (Å²) in [7, 11) is 0. The molecule has 4 rings (SSSR count). The molecular weight excluding hydrogens is 448 g/mol. The molecule has 0 radical (unpaired) electrons. The predicted octanol–water partition coefficient (Wildman–Crippen LogP) is 5.37. The van der Waals surface area contributed by atoms with Crippen LogP contribution >= 0.6 is 11.6 Å². The third-order valence-electron chi connectivity index (χ3n) is 5.45.